The average molecular weight is 155 g/mol. The minimum absolute atomic E-state index is 0.0718. The Morgan fingerprint density at radius 2 is 1.88 bits per heavy atom. The van der Waals surface area contributed by atoms with Gasteiger partial charge >= 0.3 is 0 Å². The van der Waals surface area contributed by atoms with E-state index >= 15 is 0 Å². The van der Waals surface area contributed by atoms with E-state index in [1.54, 1.807) is 13.8 Å². The zero-order chi connectivity index (χ0) is 6.78. The van der Waals surface area contributed by atoms with Crippen LogP contribution in [0, 0.1) is 0 Å². The third kappa shape index (κ3) is 6.26. The third-order valence-corrected chi connectivity index (χ3v) is 1.47. The molecule has 0 aromatic carbocycles. The van der Waals surface area contributed by atoms with E-state index in [0.29, 0.717) is 0 Å². The fourth-order valence-corrected chi connectivity index (χ4v) is 1.53. The number of rotatable bonds is 2. The first-order valence-corrected chi connectivity index (χ1v) is 4.70. The van der Waals surface area contributed by atoms with E-state index in [2.05, 4.69) is 16.4 Å². The van der Waals surface area contributed by atoms with Gasteiger partial charge in [-0.3, -0.25) is 0 Å². The smallest absolute Gasteiger partial charge is 0.204 e. The molecule has 0 fully saturated rings. The van der Waals surface area contributed by atoms with Gasteiger partial charge in [-0.25, -0.2) is 13.1 Å². The highest BCUT2D eigenvalue weighted by Gasteiger charge is 2.01. The van der Waals surface area contributed by atoms with E-state index < -0.39 is 9.06 Å². The summed E-state index contributed by atoms with van der Waals surface area (Å²) < 4.78 is 22.6. The first-order valence-electron chi connectivity index (χ1n) is 2.16. The molecule has 0 heterocycles. The van der Waals surface area contributed by atoms with E-state index in [4.69, 9.17) is 0 Å². The van der Waals surface area contributed by atoms with Crippen molar-refractivity contribution in [3.8, 4) is 0 Å². The first-order chi connectivity index (χ1) is 3.42. The fraction of sp³-hybridized carbons (Fsp3) is 1.00. The maximum atomic E-state index is 10.2. The Balaban J connectivity index is 3.75. The van der Waals surface area contributed by atoms with Crippen LogP contribution in [-0.2, 0) is 9.06 Å². The van der Waals surface area contributed by atoms with Gasteiger partial charge < -0.3 is 0 Å². The summed E-state index contributed by atoms with van der Waals surface area (Å²) in [6.45, 7) is 3.46. The summed E-state index contributed by atoms with van der Waals surface area (Å²) in [5.41, 5.74) is 0. The lowest BCUT2D eigenvalue weighted by Crippen LogP contribution is -2.25. The van der Waals surface area contributed by atoms with Crippen molar-refractivity contribution in [3.05, 3.63) is 0 Å². The van der Waals surface area contributed by atoms with Gasteiger partial charge in [-0.05, 0) is 25.5 Å². The van der Waals surface area contributed by atoms with Crippen LogP contribution >= 0.6 is 11.7 Å². The van der Waals surface area contributed by atoms with E-state index in [9.17, 15) is 8.42 Å². The van der Waals surface area contributed by atoms with Crippen LogP contribution in [0.25, 0.3) is 0 Å². The number of nitrogens with one attached hydrogen (secondary N) is 1. The van der Waals surface area contributed by atoms with Gasteiger partial charge in [-0.1, -0.05) is 0 Å². The summed E-state index contributed by atoms with van der Waals surface area (Å²) in [7, 11) is -3.28. The van der Waals surface area contributed by atoms with Crippen molar-refractivity contribution in [2.45, 2.75) is 19.9 Å². The molecule has 0 spiro atoms. The van der Waals surface area contributed by atoms with Crippen molar-refractivity contribution >= 4 is 20.7 Å². The van der Waals surface area contributed by atoms with Gasteiger partial charge in [0, 0.05) is 6.04 Å². The van der Waals surface area contributed by atoms with Crippen molar-refractivity contribution in [1.82, 2.24) is 4.72 Å². The zero-order valence-electron chi connectivity index (χ0n) is 4.75. The second kappa shape index (κ2) is 2.70. The SMILES string of the molecule is CC(C)NS(=O)(=O)S. The maximum Gasteiger partial charge on any atom is 0.262 e. The van der Waals surface area contributed by atoms with E-state index in [1.807, 2.05) is 0 Å². The Morgan fingerprint density at radius 3 is 1.88 bits per heavy atom. The molecule has 0 bridgehead atoms. The predicted molar refractivity (Wildman–Crippen MR) is 36.2 cm³/mol. The molecular formula is C3H9NO2S2. The Hall–Kier alpha value is 0.260. The number of hydrogen-bond donors (Lipinski definition) is 2. The Kier molecular flexibility index (Phi) is 2.79. The molecule has 0 atom stereocenters. The quantitative estimate of drug-likeness (QED) is 0.441. The molecule has 0 aliphatic rings. The van der Waals surface area contributed by atoms with Gasteiger partial charge in [-0.2, -0.15) is 0 Å². The summed E-state index contributed by atoms with van der Waals surface area (Å²) in [5.74, 6) is 0. The molecule has 0 aliphatic carbocycles. The van der Waals surface area contributed by atoms with Crippen LogP contribution in [0.15, 0.2) is 0 Å². The van der Waals surface area contributed by atoms with Crippen LogP contribution in [0.5, 0.6) is 0 Å². The Morgan fingerprint density at radius 1 is 1.50 bits per heavy atom. The molecule has 50 valence electrons. The monoisotopic (exact) mass is 155 g/mol. The molecule has 0 saturated carbocycles. The molecule has 0 rings (SSSR count). The molecule has 0 aromatic rings. The molecule has 0 unspecified atom stereocenters. The van der Waals surface area contributed by atoms with Crippen LogP contribution in [0.1, 0.15) is 13.8 Å². The highest BCUT2D eigenvalue weighted by atomic mass is 33.1. The predicted octanol–water partition coefficient (Wildman–Crippen LogP) is 0.159. The lowest BCUT2D eigenvalue weighted by molar-refractivity contribution is 0.586. The van der Waals surface area contributed by atoms with Gasteiger partial charge in [0.15, 0.2) is 0 Å². The molecule has 0 aromatic heterocycles. The van der Waals surface area contributed by atoms with Crippen molar-refractivity contribution in [2.75, 3.05) is 0 Å². The van der Waals surface area contributed by atoms with Crippen LogP contribution in [0.2, 0.25) is 0 Å². The lowest BCUT2D eigenvalue weighted by Gasteiger charge is -2.01. The molecule has 8 heavy (non-hydrogen) atoms. The van der Waals surface area contributed by atoms with E-state index in [0.717, 1.165) is 0 Å². The summed E-state index contributed by atoms with van der Waals surface area (Å²) in [6.07, 6.45) is 0. The standard InChI is InChI=1S/C3H9NO2S2/c1-3(2)4-8(5,6)7/h3-4H,1-2H3,(H,5,6,7). The van der Waals surface area contributed by atoms with Gasteiger partial charge in [0.2, 0.25) is 0 Å². The van der Waals surface area contributed by atoms with Gasteiger partial charge in [0.05, 0.1) is 0 Å². The molecule has 1 N–H and O–H groups in total. The second-order valence-electron chi connectivity index (χ2n) is 1.75. The summed E-state index contributed by atoms with van der Waals surface area (Å²) in [4.78, 5) is 0. The normalized spacial score (nSPS) is 12.5. The Bertz CT molecular complexity index is 149. The van der Waals surface area contributed by atoms with Crippen LogP contribution in [-0.4, -0.2) is 14.5 Å². The highest BCUT2D eigenvalue weighted by Crippen LogP contribution is 1.90. The third-order valence-electron chi connectivity index (χ3n) is 0.385. The van der Waals surface area contributed by atoms with Gasteiger partial charge in [0.25, 0.3) is 9.06 Å². The highest BCUT2D eigenvalue weighted by molar-refractivity contribution is 8.62. The van der Waals surface area contributed by atoms with Crippen LogP contribution in [0.4, 0.5) is 0 Å². The summed E-state index contributed by atoms with van der Waals surface area (Å²) >= 11 is 3.26. The summed E-state index contributed by atoms with van der Waals surface area (Å²) in [6, 6.07) is -0.0718. The lowest BCUT2D eigenvalue weighted by atomic mass is 10.4. The Labute approximate surface area is 54.3 Å². The molecule has 0 amide bonds. The molecule has 0 radical (unpaired) electrons. The van der Waals surface area contributed by atoms with Crippen LogP contribution < -0.4 is 4.72 Å². The average Bonchev–Trinajstić information content (AvgIpc) is 1.21. The molecule has 5 heteroatoms. The van der Waals surface area contributed by atoms with Gasteiger partial charge in [-0.15, -0.1) is 0 Å². The number of thiol groups is 1. The second-order valence-corrected chi connectivity index (χ2v) is 4.38. The van der Waals surface area contributed by atoms with E-state index in [1.165, 1.54) is 0 Å². The molecular weight excluding hydrogens is 146 g/mol. The van der Waals surface area contributed by atoms with Crippen molar-refractivity contribution in [2.24, 2.45) is 0 Å². The molecule has 0 saturated heterocycles. The fourth-order valence-electron chi connectivity index (χ4n) is 0.298. The number of hydrogen-bond acceptors (Lipinski definition) is 2. The maximum absolute atomic E-state index is 10.2. The van der Waals surface area contributed by atoms with Crippen molar-refractivity contribution in [3.63, 3.8) is 0 Å². The van der Waals surface area contributed by atoms with Gasteiger partial charge in [0.1, 0.15) is 0 Å². The van der Waals surface area contributed by atoms with E-state index in [-0.39, 0.29) is 6.04 Å². The van der Waals surface area contributed by atoms with Crippen molar-refractivity contribution in [1.29, 1.82) is 0 Å². The molecule has 0 aliphatic heterocycles. The largest absolute Gasteiger partial charge is 0.262 e. The first kappa shape index (κ1) is 8.26. The summed E-state index contributed by atoms with van der Waals surface area (Å²) in [5, 5.41) is 0. The minimum Gasteiger partial charge on any atom is -0.204 e. The molecule has 3 nitrogen and oxygen atoms in total. The topological polar surface area (TPSA) is 46.2 Å². The van der Waals surface area contributed by atoms with Crippen LogP contribution in [0.3, 0.4) is 0 Å². The van der Waals surface area contributed by atoms with Crippen molar-refractivity contribution < 1.29 is 8.42 Å². The minimum atomic E-state index is -3.28. The zero-order valence-corrected chi connectivity index (χ0v) is 6.46.